The fourth-order valence-corrected chi connectivity index (χ4v) is 4.82. The smallest absolute Gasteiger partial charge is 0.306 e. The van der Waals surface area contributed by atoms with Gasteiger partial charge >= 0.3 is 5.97 Å². The summed E-state index contributed by atoms with van der Waals surface area (Å²) in [4.78, 5) is 16.3. The van der Waals surface area contributed by atoms with Crippen LogP contribution in [0.1, 0.15) is 41.1 Å². The number of carboxylic acid groups (broad SMARTS) is 1. The lowest BCUT2D eigenvalue weighted by atomic mass is 9.93. The molecular weight excluding hydrogens is 362 g/mol. The van der Waals surface area contributed by atoms with Crippen molar-refractivity contribution in [3.63, 3.8) is 0 Å². The van der Waals surface area contributed by atoms with Crippen LogP contribution >= 0.6 is 11.3 Å². The minimum absolute atomic E-state index is 0.0610. The van der Waals surface area contributed by atoms with Crippen LogP contribution in [-0.2, 0) is 11.2 Å². The molecule has 1 unspecified atom stereocenters. The lowest BCUT2D eigenvalue weighted by Crippen LogP contribution is -2.39. The van der Waals surface area contributed by atoms with Gasteiger partial charge in [0.25, 0.3) is 0 Å². The quantitative estimate of drug-likeness (QED) is 0.769. The third-order valence-corrected chi connectivity index (χ3v) is 6.56. The number of piperidine rings is 1. The topological polar surface area (TPSA) is 59.0 Å². The van der Waals surface area contributed by atoms with Crippen LogP contribution in [0, 0.1) is 5.92 Å². The first-order valence-corrected chi connectivity index (χ1v) is 10.2. The molecule has 0 amide bonds. The second-order valence-electron chi connectivity index (χ2n) is 6.82. The van der Waals surface area contributed by atoms with Crippen LogP contribution in [-0.4, -0.2) is 43.3 Å². The maximum Gasteiger partial charge on any atom is 0.306 e. The number of hydrogen-bond acceptors (Lipinski definition) is 5. The van der Waals surface area contributed by atoms with E-state index in [1.54, 1.807) is 14.2 Å². The zero-order chi connectivity index (χ0) is 19.4. The van der Waals surface area contributed by atoms with Gasteiger partial charge in [0.05, 0.1) is 26.2 Å². The standard InChI is InChI=1S/C21H27NO4S/c1-4-16-6-8-19(27-16)20(22-11-9-14(10-12-22)21(23)24)17-7-5-15(25-2)13-18(17)26-3/h5-8,13-14,20H,4,9-12H2,1-3H3,(H,23,24). The number of benzene rings is 1. The fraction of sp³-hybridized carbons (Fsp3) is 0.476. The summed E-state index contributed by atoms with van der Waals surface area (Å²) in [5, 5.41) is 9.32. The van der Waals surface area contributed by atoms with Crippen LogP contribution in [0.2, 0.25) is 0 Å². The third-order valence-electron chi connectivity index (χ3n) is 5.28. The number of carbonyl (C=O) groups is 1. The van der Waals surface area contributed by atoms with Crippen molar-refractivity contribution in [1.29, 1.82) is 0 Å². The van der Waals surface area contributed by atoms with E-state index in [4.69, 9.17) is 9.47 Å². The van der Waals surface area contributed by atoms with Crippen molar-refractivity contribution < 1.29 is 19.4 Å². The number of hydrogen-bond donors (Lipinski definition) is 1. The highest BCUT2D eigenvalue weighted by Crippen LogP contribution is 2.41. The van der Waals surface area contributed by atoms with Crippen molar-refractivity contribution in [1.82, 2.24) is 4.90 Å². The molecule has 0 aliphatic carbocycles. The molecule has 1 aromatic heterocycles. The highest BCUT2D eigenvalue weighted by atomic mass is 32.1. The average Bonchev–Trinajstić information content (AvgIpc) is 3.17. The second-order valence-corrected chi connectivity index (χ2v) is 8.02. The van der Waals surface area contributed by atoms with Crippen LogP contribution in [0.3, 0.4) is 0 Å². The van der Waals surface area contributed by atoms with Gasteiger partial charge in [0.2, 0.25) is 0 Å². The normalized spacial score (nSPS) is 16.9. The van der Waals surface area contributed by atoms with Gasteiger partial charge in [0.1, 0.15) is 11.5 Å². The summed E-state index contributed by atoms with van der Waals surface area (Å²) in [6.45, 7) is 3.68. The van der Waals surface area contributed by atoms with E-state index in [0.717, 1.165) is 36.6 Å². The lowest BCUT2D eigenvalue weighted by Gasteiger charge is -2.37. The Bertz CT molecular complexity index is 780. The Morgan fingerprint density at radius 1 is 1.22 bits per heavy atom. The van der Waals surface area contributed by atoms with Gasteiger partial charge in [-0.05, 0) is 56.6 Å². The summed E-state index contributed by atoms with van der Waals surface area (Å²) >= 11 is 1.82. The number of carboxylic acids is 1. The second kappa shape index (κ2) is 8.76. The molecule has 0 bridgehead atoms. The van der Waals surface area contributed by atoms with Gasteiger partial charge in [-0.15, -0.1) is 11.3 Å². The number of aryl methyl sites for hydroxylation is 1. The van der Waals surface area contributed by atoms with Crippen molar-refractivity contribution >= 4 is 17.3 Å². The first kappa shape index (κ1) is 19.7. The number of aliphatic carboxylic acids is 1. The zero-order valence-corrected chi connectivity index (χ0v) is 16.9. The highest BCUT2D eigenvalue weighted by molar-refractivity contribution is 7.12. The molecule has 2 heterocycles. The summed E-state index contributed by atoms with van der Waals surface area (Å²) in [5.74, 6) is 0.636. The predicted molar refractivity (Wildman–Crippen MR) is 107 cm³/mol. The monoisotopic (exact) mass is 389 g/mol. The number of methoxy groups -OCH3 is 2. The number of thiophene rings is 1. The molecule has 6 heteroatoms. The van der Waals surface area contributed by atoms with Crippen LogP contribution in [0.15, 0.2) is 30.3 Å². The van der Waals surface area contributed by atoms with Crippen molar-refractivity contribution in [3.05, 3.63) is 45.6 Å². The van der Waals surface area contributed by atoms with Crippen LogP contribution < -0.4 is 9.47 Å². The van der Waals surface area contributed by atoms with E-state index in [1.165, 1.54) is 9.75 Å². The summed E-state index contributed by atoms with van der Waals surface area (Å²) < 4.78 is 11.0. The molecule has 0 saturated carbocycles. The van der Waals surface area contributed by atoms with E-state index in [1.807, 2.05) is 23.5 Å². The van der Waals surface area contributed by atoms with Crippen molar-refractivity contribution in [2.75, 3.05) is 27.3 Å². The number of rotatable bonds is 7. The van der Waals surface area contributed by atoms with Crippen molar-refractivity contribution in [2.45, 2.75) is 32.2 Å². The van der Waals surface area contributed by atoms with Gasteiger partial charge in [-0.25, -0.2) is 0 Å². The Balaban J connectivity index is 1.97. The Morgan fingerprint density at radius 3 is 2.52 bits per heavy atom. The molecule has 1 saturated heterocycles. The molecule has 5 nitrogen and oxygen atoms in total. The lowest BCUT2D eigenvalue weighted by molar-refractivity contribution is -0.143. The average molecular weight is 390 g/mol. The van der Waals surface area contributed by atoms with Gasteiger partial charge in [-0.3, -0.25) is 9.69 Å². The molecule has 3 rings (SSSR count). The minimum Gasteiger partial charge on any atom is -0.497 e. The molecule has 2 aromatic rings. The maximum absolute atomic E-state index is 11.3. The summed E-state index contributed by atoms with van der Waals surface area (Å²) in [5.41, 5.74) is 1.09. The molecule has 0 radical (unpaired) electrons. The zero-order valence-electron chi connectivity index (χ0n) is 16.1. The first-order chi connectivity index (χ1) is 13.1. The van der Waals surface area contributed by atoms with E-state index in [2.05, 4.69) is 30.0 Å². The van der Waals surface area contributed by atoms with Crippen molar-refractivity contribution in [2.24, 2.45) is 5.92 Å². The molecule has 146 valence electrons. The molecule has 1 aliphatic rings. The van der Waals surface area contributed by atoms with Gasteiger partial charge in [0.15, 0.2) is 0 Å². The van der Waals surface area contributed by atoms with E-state index in [0.29, 0.717) is 12.8 Å². The van der Waals surface area contributed by atoms with Crippen LogP contribution in [0.5, 0.6) is 11.5 Å². The highest BCUT2D eigenvalue weighted by Gasteiger charge is 2.32. The summed E-state index contributed by atoms with van der Waals surface area (Å²) in [6, 6.07) is 10.4. The van der Waals surface area contributed by atoms with Gasteiger partial charge in [0, 0.05) is 21.4 Å². The summed E-state index contributed by atoms with van der Waals surface area (Å²) in [7, 11) is 3.33. The Morgan fingerprint density at radius 2 is 1.96 bits per heavy atom. The van der Waals surface area contributed by atoms with Crippen molar-refractivity contribution in [3.8, 4) is 11.5 Å². The molecule has 1 aliphatic heterocycles. The summed E-state index contributed by atoms with van der Waals surface area (Å²) in [6.07, 6.45) is 2.37. The number of ether oxygens (including phenoxy) is 2. The van der Waals surface area contributed by atoms with Crippen LogP contribution in [0.25, 0.3) is 0 Å². The minimum atomic E-state index is -0.683. The third kappa shape index (κ3) is 4.28. The molecule has 27 heavy (non-hydrogen) atoms. The largest absolute Gasteiger partial charge is 0.497 e. The predicted octanol–water partition coefficient (Wildman–Crippen LogP) is 4.21. The van der Waals surface area contributed by atoms with E-state index in [-0.39, 0.29) is 12.0 Å². The molecule has 1 aromatic carbocycles. The Hall–Kier alpha value is -2.05. The molecular formula is C21H27NO4S. The molecule has 1 fully saturated rings. The maximum atomic E-state index is 11.3. The molecule has 1 atom stereocenters. The molecule has 0 spiro atoms. The number of likely N-dealkylation sites (tertiary alicyclic amines) is 1. The van der Waals surface area contributed by atoms with Gasteiger partial charge in [-0.2, -0.15) is 0 Å². The van der Waals surface area contributed by atoms with Gasteiger partial charge < -0.3 is 14.6 Å². The molecule has 1 N–H and O–H groups in total. The van der Waals surface area contributed by atoms with E-state index >= 15 is 0 Å². The van der Waals surface area contributed by atoms with Crippen LogP contribution in [0.4, 0.5) is 0 Å². The SMILES string of the molecule is CCc1ccc(C(c2ccc(OC)cc2OC)N2CCC(C(=O)O)CC2)s1. The van der Waals surface area contributed by atoms with E-state index in [9.17, 15) is 9.90 Å². The fourth-order valence-electron chi connectivity index (χ4n) is 3.71. The Kier molecular flexibility index (Phi) is 6.39. The van der Waals surface area contributed by atoms with Gasteiger partial charge in [-0.1, -0.05) is 6.92 Å². The number of nitrogens with zero attached hydrogens (tertiary/aromatic N) is 1. The van der Waals surface area contributed by atoms with E-state index < -0.39 is 5.97 Å². The first-order valence-electron chi connectivity index (χ1n) is 9.34. The Labute approximate surface area is 164 Å².